The second kappa shape index (κ2) is 9.32. The van der Waals surface area contributed by atoms with E-state index in [1.807, 2.05) is 12.1 Å². The summed E-state index contributed by atoms with van der Waals surface area (Å²) in [7, 11) is -2.97. The van der Waals surface area contributed by atoms with E-state index in [0.29, 0.717) is 24.7 Å². The molecule has 0 atom stereocenters. The van der Waals surface area contributed by atoms with E-state index in [1.54, 1.807) is 0 Å². The molecule has 2 aliphatic heterocycles. The van der Waals surface area contributed by atoms with Gasteiger partial charge in [-0.15, -0.1) is 0 Å². The van der Waals surface area contributed by atoms with Crippen LogP contribution in [0.15, 0.2) is 30.5 Å². The molecular weight excluding hydrogens is 605 g/mol. The van der Waals surface area contributed by atoms with Crippen LogP contribution in [0.4, 0.5) is 5.69 Å². The second-order valence-electron chi connectivity index (χ2n) is 7.97. The van der Waals surface area contributed by atoms with Crippen LogP contribution in [0.25, 0.3) is 8.07 Å². The van der Waals surface area contributed by atoms with Crippen LogP contribution in [0, 0.1) is 10.1 Å². The van der Waals surface area contributed by atoms with E-state index < -0.39 is 35.9 Å². The summed E-state index contributed by atoms with van der Waals surface area (Å²) in [4.78, 5) is 28.8. The Bertz CT molecular complexity index is 1220. The first kappa shape index (κ1) is 23.5. The van der Waals surface area contributed by atoms with Gasteiger partial charge in [-0.3, -0.25) is 0 Å². The summed E-state index contributed by atoms with van der Waals surface area (Å²) in [5.74, 6) is 0. The minimum absolute atomic E-state index is 0.0805. The van der Waals surface area contributed by atoms with E-state index in [1.165, 1.54) is 12.5 Å². The summed E-state index contributed by atoms with van der Waals surface area (Å²) in [5.41, 5.74) is 2.55. The molecule has 0 N–H and O–H groups in total. The molecule has 0 saturated carbocycles. The number of piperidine rings is 1. The normalized spacial score (nSPS) is 17.4. The molecule has 0 bridgehead atoms. The van der Waals surface area contributed by atoms with Crippen LogP contribution in [0.3, 0.4) is 0 Å². The standard InChI is InChI=1S/C21H20BrN3O5S.Sn/c1-31(29,30)17-6-8-24(9-7-17)13-16-4-2-15(3-5-16)10-20(22)18-11-23-12-21(25(27)28)19(18)14-26;/h2-5,12,14,17H,6-9,13H2,1H3;. The van der Waals surface area contributed by atoms with Crippen LogP contribution < -0.4 is 3.71 Å². The van der Waals surface area contributed by atoms with Gasteiger partial charge in [0.05, 0.1) is 0 Å². The van der Waals surface area contributed by atoms with Gasteiger partial charge < -0.3 is 0 Å². The van der Waals surface area contributed by atoms with E-state index >= 15 is 0 Å². The number of nitro groups is 1. The van der Waals surface area contributed by atoms with Crippen LogP contribution in [0.5, 0.6) is 0 Å². The molecule has 0 aliphatic carbocycles. The summed E-state index contributed by atoms with van der Waals surface area (Å²) >= 11 is 2.25. The second-order valence-corrected chi connectivity index (χ2v) is 14.6. The monoisotopic (exact) mass is 625 g/mol. The Morgan fingerprint density at radius 1 is 1.28 bits per heavy atom. The van der Waals surface area contributed by atoms with Crippen molar-refractivity contribution in [1.29, 1.82) is 0 Å². The van der Waals surface area contributed by atoms with Gasteiger partial charge in [0.2, 0.25) is 0 Å². The zero-order chi connectivity index (χ0) is 23.0. The van der Waals surface area contributed by atoms with Gasteiger partial charge in [0.25, 0.3) is 0 Å². The van der Waals surface area contributed by atoms with Crippen molar-refractivity contribution in [3.05, 3.63) is 62.8 Å². The van der Waals surface area contributed by atoms with Crippen LogP contribution in [-0.4, -0.2) is 75.2 Å². The minimum atomic E-state index is -2.97. The molecule has 32 heavy (non-hydrogen) atoms. The summed E-state index contributed by atoms with van der Waals surface area (Å²) in [6.07, 6.45) is 4.37. The number of hydrogen-bond acceptors (Lipinski definition) is 7. The van der Waals surface area contributed by atoms with Crippen LogP contribution in [-0.2, 0) is 16.4 Å². The third kappa shape index (κ3) is 4.68. The average Bonchev–Trinajstić information content (AvgIpc) is 3.10. The molecule has 1 aromatic heterocycles. The van der Waals surface area contributed by atoms with Crippen molar-refractivity contribution in [2.75, 3.05) is 19.3 Å². The van der Waals surface area contributed by atoms with Crippen molar-refractivity contribution >= 4 is 70.7 Å². The number of carbonyl (C=O) groups is 1. The predicted molar refractivity (Wildman–Crippen MR) is 127 cm³/mol. The fourth-order valence-corrected chi connectivity index (χ4v) is 10.7. The molecule has 2 aromatic rings. The Kier molecular flexibility index (Phi) is 6.85. The number of pyridine rings is 1. The molecule has 3 heterocycles. The molecule has 166 valence electrons. The van der Waals surface area contributed by atoms with Crippen molar-refractivity contribution in [2.45, 2.75) is 24.6 Å². The molecule has 1 saturated heterocycles. The van der Waals surface area contributed by atoms with E-state index in [-0.39, 0.29) is 16.5 Å². The number of halogens is 1. The topological polar surface area (TPSA) is 110 Å². The van der Waals surface area contributed by atoms with E-state index in [4.69, 9.17) is 0 Å². The van der Waals surface area contributed by atoms with Gasteiger partial charge in [-0.2, -0.15) is 0 Å². The van der Waals surface area contributed by atoms with Gasteiger partial charge in [-0.05, 0) is 0 Å². The number of benzene rings is 1. The molecule has 2 radical (unpaired) electrons. The average molecular weight is 625 g/mol. The summed E-state index contributed by atoms with van der Waals surface area (Å²) in [6, 6.07) is 8.20. The summed E-state index contributed by atoms with van der Waals surface area (Å²) in [6.45, 7) is 2.29. The Hall–Kier alpha value is -1.63. The number of hydrogen-bond donors (Lipinski definition) is 0. The van der Waals surface area contributed by atoms with E-state index in [9.17, 15) is 23.3 Å². The van der Waals surface area contributed by atoms with Gasteiger partial charge >= 0.3 is 205 Å². The van der Waals surface area contributed by atoms with Gasteiger partial charge in [-0.1, -0.05) is 0 Å². The molecular formula is C21H20BrN3O5SSn. The molecule has 0 spiro atoms. The van der Waals surface area contributed by atoms with Crippen LogP contribution in [0.2, 0.25) is 0 Å². The first-order valence-corrected chi connectivity index (χ1v) is 15.6. The molecule has 0 unspecified atom stereocenters. The van der Waals surface area contributed by atoms with Crippen molar-refractivity contribution < 1.29 is 18.1 Å². The summed E-state index contributed by atoms with van der Waals surface area (Å²) in [5, 5.41) is 11.0. The van der Waals surface area contributed by atoms with Crippen molar-refractivity contribution in [3.63, 3.8) is 0 Å². The fraction of sp³-hybridized carbons (Fsp3) is 0.333. The number of carbonyl (C=O) groups excluding carboxylic acids is 1. The fourth-order valence-electron chi connectivity index (χ4n) is 4.12. The summed E-state index contributed by atoms with van der Waals surface area (Å²) < 4.78 is 26.1. The molecule has 4 rings (SSSR count). The van der Waals surface area contributed by atoms with Crippen molar-refractivity contribution in [1.82, 2.24) is 9.88 Å². The maximum atomic E-state index is 11.7. The van der Waals surface area contributed by atoms with Crippen LogP contribution in [0.1, 0.15) is 39.9 Å². The van der Waals surface area contributed by atoms with E-state index in [2.05, 4.69) is 37.9 Å². The zero-order valence-electron chi connectivity index (χ0n) is 17.2. The zero-order valence-corrected chi connectivity index (χ0v) is 22.5. The third-order valence-electron chi connectivity index (χ3n) is 5.88. The molecule has 2 aliphatic rings. The van der Waals surface area contributed by atoms with Gasteiger partial charge in [0, 0.05) is 0 Å². The number of aldehydes is 1. The number of aromatic nitrogens is 1. The number of likely N-dealkylation sites (tertiary alicyclic amines) is 1. The Morgan fingerprint density at radius 3 is 2.50 bits per heavy atom. The maximum absolute atomic E-state index is 11.7. The van der Waals surface area contributed by atoms with E-state index in [0.717, 1.165) is 42.5 Å². The Morgan fingerprint density at radius 2 is 1.94 bits per heavy atom. The predicted octanol–water partition coefficient (Wildman–Crippen LogP) is 2.38. The SMILES string of the molecule is CS(=O)(=O)C1CCN(Cc2ccc([C]3=C(Br)c4[c](ncc([N+](=O)[O-])c4C=O)[Sn]3)cc2)CC1. The van der Waals surface area contributed by atoms with Crippen LogP contribution >= 0.6 is 15.9 Å². The first-order valence-electron chi connectivity index (χ1n) is 9.99. The van der Waals surface area contributed by atoms with Gasteiger partial charge in [0.15, 0.2) is 0 Å². The number of sulfone groups is 1. The third-order valence-corrected chi connectivity index (χ3v) is 13.4. The number of nitrogens with zero attached hydrogens (tertiary/aromatic N) is 3. The molecule has 1 aromatic carbocycles. The van der Waals surface area contributed by atoms with Crippen molar-refractivity contribution in [2.24, 2.45) is 0 Å². The number of rotatable bonds is 6. The molecule has 8 nitrogen and oxygen atoms in total. The first-order chi connectivity index (χ1) is 15.2. The molecule has 0 amide bonds. The molecule has 11 heteroatoms. The Labute approximate surface area is 204 Å². The van der Waals surface area contributed by atoms with Gasteiger partial charge in [-0.25, -0.2) is 0 Å². The molecule has 1 fully saturated rings. The van der Waals surface area contributed by atoms with Gasteiger partial charge in [0.1, 0.15) is 0 Å². The van der Waals surface area contributed by atoms with Crippen molar-refractivity contribution in [3.8, 4) is 0 Å². The quantitative estimate of drug-likeness (QED) is 0.210. The number of fused-ring (bicyclic) bond motifs is 1. The Balaban J connectivity index is 1.51.